The van der Waals surface area contributed by atoms with Gasteiger partial charge in [-0.2, -0.15) is 0 Å². The molecule has 0 amide bonds. The summed E-state index contributed by atoms with van der Waals surface area (Å²) in [6.07, 6.45) is 1.75. The van der Waals surface area contributed by atoms with Crippen molar-refractivity contribution >= 4 is 0 Å². The summed E-state index contributed by atoms with van der Waals surface area (Å²) in [6, 6.07) is 0. The molecule has 0 saturated heterocycles. The molecule has 0 radical (unpaired) electrons. The van der Waals surface area contributed by atoms with E-state index in [1.807, 2.05) is 0 Å². The Morgan fingerprint density at radius 1 is 1.23 bits per heavy atom. The average Bonchev–Trinajstić information content (AvgIpc) is 2.24. The van der Waals surface area contributed by atoms with Crippen LogP contribution in [0.25, 0.3) is 0 Å². The minimum absolute atomic E-state index is 0.252. The highest BCUT2D eigenvalue weighted by Gasteiger charge is 2.14. The third-order valence-corrected chi connectivity index (χ3v) is 1.94. The van der Waals surface area contributed by atoms with Crippen LogP contribution in [0.3, 0.4) is 0 Å². The smallest absolute Gasteiger partial charge is 0.396 e. The van der Waals surface area contributed by atoms with Gasteiger partial charge < -0.3 is 8.83 Å². The van der Waals surface area contributed by atoms with Crippen LogP contribution in [0.15, 0.2) is 13.6 Å². The van der Waals surface area contributed by atoms with Crippen molar-refractivity contribution in [2.45, 2.75) is 40.5 Å². The van der Waals surface area contributed by atoms with Gasteiger partial charge in [-0.3, -0.25) is 0 Å². The van der Waals surface area contributed by atoms with Crippen molar-refractivity contribution in [3.63, 3.8) is 0 Å². The lowest BCUT2D eigenvalue weighted by Crippen LogP contribution is -2.06. The van der Waals surface area contributed by atoms with E-state index in [0.717, 1.165) is 12.8 Å². The topological polar surface area (TPSA) is 43.4 Å². The van der Waals surface area contributed by atoms with Gasteiger partial charge in [-0.05, 0) is 18.8 Å². The van der Waals surface area contributed by atoms with Crippen LogP contribution in [0.2, 0.25) is 0 Å². The SMILES string of the molecule is Cc1oc(=O)oc1CCC(C)(C)C. The summed E-state index contributed by atoms with van der Waals surface area (Å²) in [5.41, 5.74) is 0.252. The fourth-order valence-corrected chi connectivity index (χ4v) is 1.09. The molecule has 0 N–H and O–H groups in total. The molecule has 0 bridgehead atoms. The van der Waals surface area contributed by atoms with E-state index in [9.17, 15) is 4.79 Å². The van der Waals surface area contributed by atoms with Crippen LogP contribution in [0.5, 0.6) is 0 Å². The van der Waals surface area contributed by atoms with E-state index < -0.39 is 5.82 Å². The Kier molecular flexibility index (Phi) is 2.64. The van der Waals surface area contributed by atoms with Gasteiger partial charge in [0.2, 0.25) is 0 Å². The van der Waals surface area contributed by atoms with Crippen LogP contribution in [0.1, 0.15) is 38.7 Å². The van der Waals surface area contributed by atoms with E-state index in [2.05, 4.69) is 20.8 Å². The summed E-state index contributed by atoms with van der Waals surface area (Å²) in [5.74, 6) is 0.690. The summed E-state index contributed by atoms with van der Waals surface area (Å²) in [6.45, 7) is 8.21. The van der Waals surface area contributed by atoms with Crippen molar-refractivity contribution in [1.82, 2.24) is 0 Å². The molecule has 0 aromatic carbocycles. The largest absolute Gasteiger partial charge is 0.519 e. The molecule has 3 heteroatoms. The van der Waals surface area contributed by atoms with Crippen LogP contribution in [-0.2, 0) is 6.42 Å². The van der Waals surface area contributed by atoms with Gasteiger partial charge >= 0.3 is 5.82 Å². The highest BCUT2D eigenvalue weighted by molar-refractivity contribution is 5.00. The normalized spacial score (nSPS) is 12.0. The van der Waals surface area contributed by atoms with Gasteiger partial charge in [0.1, 0.15) is 11.5 Å². The van der Waals surface area contributed by atoms with Crippen LogP contribution < -0.4 is 5.82 Å². The molecular formula is C10H16O3. The molecule has 0 aliphatic rings. The van der Waals surface area contributed by atoms with Gasteiger partial charge in [-0.25, -0.2) is 4.79 Å². The van der Waals surface area contributed by atoms with Gasteiger partial charge in [-0.15, -0.1) is 0 Å². The standard InChI is InChI=1S/C10H16O3/c1-7-8(13-9(11)12-7)5-6-10(2,3)4/h5-6H2,1-4H3. The first kappa shape index (κ1) is 10.1. The molecule has 1 rings (SSSR count). The van der Waals surface area contributed by atoms with Crippen molar-refractivity contribution in [3.05, 3.63) is 22.1 Å². The van der Waals surface area contributed by atoms with E-state index in [0.29, 0.717) is 11.5 Å². The third kappa shape index (κ3) is 3.09. The van der Waals surface area contributed by atoms with Crippen molar-refractivity contribution < 1.29 is 8.83 Å². The van der Waals surface area contributed by atoms with Gasteiger partial charge in [0.15, 0.2) is 0 Å². The zero-order chi connectivity index (χ0) is 10.1. The van der Waals surface area contributed by atoms with E-state index in [1.165, 1.54) is 0 Å². The van der Waals surface area contributed by atoms with Crippen LogP contribution >= 0.6 is 0 Å². The zero-order valence-corrected chi connectivity index (χ0v) is 8.64. The Morgan fingerprint density at radius 2 is 1.85 bits per heavy atom. The molecule has 1 aromatic heterocycles. The van der Waals surface area contributed by atoms with Crippen molar-refractivity contribution in [3.8, 4) is 0 Å². The monoisotopic (exact) mass is 184 g/mol. The lowest BCUT2D eigenvalue weighted by atomic mass is 9.90. The van der Waals surface area contributed by atoms with Crippen LogP contribution in [0.4, 0.5) is 0 Å². The summed E-state index contributed by atoms with van der Waals surface area (Å²) < 4.78 is 9.64. The predicted molar refractivity (Wildman–Crippen MR) is 49.8 cm³/mol. The summed E-state index contributed by atoms with van der Waals surface area (Å²) >= 11 is 0. The molecular weight excluding hydrogens is 168 g/mol. The second-order valence-electron chi connectivity index (χ2n) is 4.49. The number of hydrogen-bond donors (Lipinski definition) is 0. The first-order chi connectivity index (χ1) is 5.88. The van der Waals surface area contributed by atoms with E-state index in [4.69, 9.17) is 8.83 Å². The molecule has 0 saturated carbocycles. The Hall–Kier alpha value is -0.990. The summed E-state index contributed by atoms with van der Waals surface area (Å²) in [4.78, 5) is 10.7. The van der Waals surface area contributed by atoms with Gasteiger partial charge in [0.05, 0.1) is 0 Å². The van der Waals surface area contributed by atoms with Crippen molar-refractivity contribution in [1.29, 1.82) is 0 Å². The molecule has 3 nitrogen and oxygen atoms in total. The third-order valence-electron chi connectivity index (χ3n) is 1.94. The van der Waals surface area contributed by atoms with Crippen LogP contribution in [-0.4, -0.2) is 0 Å². The second-order valence-corrected chi connectivity index (χ2v) is 4.49. The van der Waals surface area contributed by atoms with E-state index >= 15 is 0 Å². The Labute approximate surface area is 77.7 Å². The number of rotatable bonds is 2. The van der Waals surface area contributed by atoms with Gasteiger partial charge in [0, 0.05) is 6.42 Å². The average molecular weight is 184 g/mol. The Bertz CT molecular complexity index is 325. The molecule has 1 aromatic rings. The molecule has 0 aliphatic heterocycles. The van der Waals surface area contributed by atoms with E-state index in [1.54, 1.807) is 6.92 Å². The first-order valence-electron chi connectivity index (χ1n) is 4.48. The van der Waals surface area contributed by atoms with Gasteiger partial charge in [0.25, 0.3) is 0 Å². The molecule has 74 valence electrons. The first-order valence-corrected chi connectivity index (χ1v) is 4.48. The van der Waals surface area contributed by atoms with E-state index in [-0.39, 0.29) is 5.41 Å². The minimum atomic E-state index is -0.596. The molecule has 1 heterocycles. The molecule has 13 heavy (non-hydrogen) atoms. The Balaban J connectivity index is 2.65. The number of aryl methyl sites for hydroxylation is 2. The molecule has 0 atom stereocenters. The molecule has 0 unspecified atom stereocenters. The van der Waals surface area contributed by atoms with Gasteiger partial charge in [-0.1, -0.05) is 20.8 Å². The quantitative estimate of drug-likeness (QED) is 0.709. The minimum Gasteiger partial charge on any atom is -0.396 e. The zero-order valence-electron chi connectivity index (χ0n) is 8.64. The summed E-state index contributed by atoms with van der Waals surface area (Å²) in [7, 11) is 0. The van der Waals surface area contributed by atoms with Crippen LogP contribution in [0, 0.1) is 12.3 Å². The summed E-state index contributed by atoms with van der Waals surface area (Å²) in [5, 5.41) is 0. The lowest BCUT2D eigenvalue weighted by Gasteiger charge is -2.16. The Morgan fingerprint density at radius 3 is 2.23 bits per heavy atom. The number of hydrogen-bond acceptors (Lipinski definition) is 3. The second kappa shape index (κ2) is 3.40. The lowest BCUT2D eigenvalue weighted by molar-refractivity contribution is 0.341. The highest BCUT2D eigenvalue weighted by atomic mass is 16.6. The van der Waals surface area contributed by atoms with Crippen molar-refractivity contribution in [2.24, 2.45) is 5.41 Å². The predicted octanol–water partition coefficient (Wildman–Crippen LogP) is 2.52. The fourth-order valence-electron chi connectivity index (χ4n) is 1.09. The molecule has 0 aliphatic carbocycles. The maximum atomic E-state index is 10.7. The van der Waals surface area contributed by atoms with Crippen molar-refractivity contribution in [2.75, 3.05) is 0 Å². The maximum absolute atomic E-state index is 10.7. The molecule has 0 spiro atoms. The highest BCUT2D eigenvalue weighted by Crippen LogP contribution is 2.22. The maximum Gasteiger partial charge on any atom is 0.519 e. The molecule has 0 fully saturated rings. The fraction of sp³-hybridized carbons (Fsp3) is 0.700.